The summed E-state index contributed by atoms with van der Waals surface area (Å²) in [5.74, 6) is -0.534. The number of rotatable bonds is 2. The number of likely N-dealkylation sites (tertiary alicyclic amines) is 1. The third-order valence-electron chi connectivity index (χ3n) is 5.30. The Kier molecular flexibility index (Phi) is 4.72. The van der Waals surface area contributed by atoms with Crippen LogP contribution < -0.4 is 9.47 Å². The van der Waals surface area contributed by atoms with Gasteiger partial charge in [0, 0.05) is 25.9 Å². The number of amides is 1. The molecule has 0 bridgehead atoms. The smallest absolute Gasteiger partial charge is 0.486 e. The molecule has 2 heterocycles. The lowest BCUT2D eigenvalue weighted by Crippen LogP contribution is -2.52. The van der Waals surface area contributed by atoms with Gasteiger partial charge in [-0.1, -0.05) is 24.3 Å². The zero-order chi connectivity index (χ0) is 20.6. The first kappa shape index (κ1) is 19.3. The highest BCUT2D eigenvalue weighted by Crippen LogP contribution is 2.39. The summed E-state index contributed by atoms with van der Waals surface area (Å²) < 4.78 is 48.0. The van der Waals surface area contributed by atoms with Crippen molar-refractivity contribution in [2.75, 3.05) is 13.1 Å². The maximum Gasteiger partial charge on any atom is 0.573 e. The summed E-state index contributed by atoms with van der Waals surface area (Å²) in [5, 5.41) is 0. The Labute approximate surface area is 165 Å². The molecule has 2 aliphatic rings. The van der Waals surface area contributed by atoms with E-state index in [1.807, 2.05) is 0 Å². The minimum atomic E-state index is -4.88. The summed E-state index contributed by atoms with van der Waals surface area (Å²) in [5.41, 5.74) is -0.286. The standard InChI is InChI=1S/C21H18F3NO4/c22-21(23,24)29-18-8-4-2-6-15(18)19(27)25-11-9-20(10-12-25)13-16(26)14-5-1-3-7-17(14)28-20/h1-8H,9-13H2. The van der Waals surface area contributed by atoms with Crippen molar-refractivity contribution in [3.05, 3.63) is 59.7 Å². The number of carbonyl (C=O) groups is 2. The highest BCUT2D eigenvalue weighted by Gasteiger charge is 2.44. The number of benzene rings is 2. The summed E-state index contributed by atoms with van der Waals surface area (Å²) in [6.07, 6.45) is -3.83. The number of carbonyl (C=O) groups excluding carboxylic acids is 2. The van der Waals surface area contributed by atoms with E-state index >= 15 is 0 Å². The Morgan fingerprint density at radius 2 is 1.69 bits per heavy atom. The fourth-order valence-electron chi connectivity index (χ4n) is 3.87. The van der Waals surface area contributed by atoms with Gasteiger partial charge in [-0.2, -0.15) is 0 Å². The van der Waals surface area contributed by atoms with Crippen molar-refractivity contribution in [1.29, 1.82) is 0 Å². The number of fused-ring (bicyclic) bond motifs is 1. The van der Waals surface area contributed by atoms with Gasteiger partial charge >= 0.3 is 6.36 Å². The summed E-state index contributed by atoms with van der Waals surface area (Å²) in [6.45, 7) is 0.545. The number of hydrogen-bond donors (Lipinski definition) is 0. The molecule has 1 amide bonds. The van der Waals surface area contributed by atoms with E-state index < -0.39 is 23.6 Å². The molecular formula is C21H18F3NO4. The molecule has 0 atom stereocenters. The van der Waals surface area contributed by atoms with Crippen LogP contribution in [-0.2, 0) is 0 Å². The molecule has 8 heteroatoms. The molecule has 1 spiro atoms. The molecule has 29 heavy (non-hydrogen) atoms. The predicted octanol–water partition coefficient (Wildman–Crippen LogP) is 4.23. The molecule has 1 saturated heterocycles. The van der Waals surface area contributed by atoms with Crippen molar-refractivity contribution in [1.82, 2.24) is 4.90 Å². The second-order valence-electron chi connectivity index (χ2n) is 7.22. The van der Waals surface area contributed by atoms with E-state index in [0.29, 0.717) is 24.2 Å². The first-order valence-electron chi connectivity index (χ1n) is 9.22. The molecule has 4 rings (SSSR count). The van der Waals surface area contributed by atoms with E-state index in [1.54, 1.807) is 24.3 Å². The van der Waals surface area contributed by atoms with Crippen molar-refractivity contribution in [2.24, 2.45) is 0 Å². The highest BCUT2D eigenvalue weighted by molar-refractivity contribution is 6.00. The Morgan fingerprint density at radius 3 is 2.41 bits per heavy atom. The second-order valence-corrected chi connectivity index (χ2v) is 7.22. The second kappa shape index (κ2) is 7.09. The minimum Gasteiger partial charge on any atom is -0.486 e. The number of halogens is 3. The molecule has 152 valence electrons. The van der Waals surface area contributed by atoms with E-state index in [2.05, 4.69) is 4.74 Å². The number of ether oxygens (including phenoxy) is 2. The summed E-state index contributed by atoms with van der Waals surface area (Å²) in [6, 6.07) is 12.3. The Hall–Kier alpha value is -3.03. The van der Waals surface area contributed by atoms with Gasteiger partial charge in [0.1, 0.15) is 17.1 Å². The van der Waals surface area contributed by atoms with Gasteiger partial charge in [-0.25, -0.2) is 0 Å². The SMILES string of the molecule is O=C1CC2(CCN(C(=O)c3ccccc3OC(F)(F)F)CC2)Oc2ccccc21. The van der Waals surface area contributed by atoms with Crippen molar-refractivity contribution in [3.8, 4) is 11.5 Å². The molecule has 0 N–H and O–H groups in total. The minimum absolute atomic E-state index is 0.00412. The van der Waals surface area contributed by atoms with Gasteiger partial charge in [-0.3, -0.25) is 9.59 Å². The molecule has 0 aliphatic carbocycles. The molecule has 0 radical (unpaired) electrons. The van der Waals surface area contributed by atoms with Crippen LogP contribution in [0.5, 0.6) is 11.5 Å². The molecule has 0 saturated carbocycles. The van der Waals surface area contributed by atoms with Gasteiger partial charge < -0.3 is 14.4 Å². The zero-order valence-corrected chi connectivity index (χ0v) is 15.4. The number of nitrogens with zero attached hydrogens (tertiary/aromatic N) is 1. The molecule has 0 aromatic heterocycles. The zero-order valence-electron chi connectivity index (χ0n) is 15.4. The maximum atomic E-state index is 12.8. The fourth-order valence-corrected chi connectivity index (χ4v) is 3.87. The first-order valence-corrected chi connectivity index (χ1v) is 9.22. The van der Waals surface area contributed by atoms with Gasteiger partial charge in [-0.15, -0.1) is 13.2 Å². The predicted molar refractivity (Wildman–Crippen MR) is 97.0 cm³/mol. The average Bonchev–Trinajstić information content (AvgIpc) is 2.67. The van der Waals surface area contributed by atoms with Gasteiger partial charge in [-0.05, 0) is 24.3 Å². The number of Topliss-reactive ketones (excluding diaryl/α,β-unsaturated/α-hetero) is 1. The van der Waals surface area contributed by atoms with E-state index in [-0.39, 0.29) is 30.9 Å². The lowest BCUT2D eigenvalue weighted by molar-refractivity contribution is -0.274. The van der Waals surface area contributed by atoms with Gasteiger partial charge in [0.25, 0.3) is 5.91 Å². The normalized spacial score (nSPS) is 18.2. The van der Waals surface area contributed by atoms with Crippen LogP contribution >= 0.6 is 0 Å². The van der Waals surface area contributed by atoms with E-state index in [9.17, 15) is 22.8 Å². The number of alkyl halides is 3. The third kappa shape index (κ3) is 3.92. The van der Waals surface area contributed by atoms with Gasteiger partial charge in [0.2, 0.25) is 0 Å². The summed E-state index contributed by atoms with van der Waals surface area (Å²) in [4.78, 5) is 26.8. The van der Waals surface area contributed by atoms with Crippen LogP contribution in [0.4, 0.5) is 13.2 Å². The van der Waals surface area contributed by atoms with Crippen LogP contribution in [0, 0.1) is 0 Å². The number of para-hydroxylation sites is 2. The molecule has 2 aromatic carbocycles. The lowest BCUT2D eigenvalue weighted by Gasteiger charge is -2.44. The van der Waals surface area contributed by atoms with Gasteiger partial charge in [0.05, 0.1) is 17.5 Å². The van der Waals surface area contributed by atoms with Crippen LogP contribution in [0.2, 0.25) is 0 Å². The Balaban J connectivity index is 1.48. The quantitative estimate of drug-likeness (QED) is 0.751. The maximum absolute atomic E-state index is 12.8. The van der Waals surface area contributed by atoms with Crippen LogP contribution in [0.25, 0.3) is 0 Å². The molecule has 5 nitrogen and oxygen atoms in total. The summed E-state index contributed by atoms with van der Waals surface area (Å²) >= 11 is 0. The van der Waals surface area contributed by atoms with Crippen LogP contribution in [-0.4, -0.2) is 41.6 Å². The van der Waals surface area contributed by atoms with Crippen molar-refractivity contribution in [3.63, 3.8) is 0 Å². The molecule has 0 unspecified atom stereocenters. The first-order chi connectivity index (χ1) is 13.8. The molecule has 2 aromatic rings. The van der Waals surface area contributed by atoms with Crippen LogP contribution in [0.15, 0.2) is 48.5 Å². The number of ketones is 1. The Bertz CT molecular complexity index is 949. The molecular weight excluding hydrogens is 387 g/mol. The third-order valence-corrected chi connectivity index (χ3v) is 5.30. The monoisotopic (exact) mass is 405 g/mol. The molecule has 1 fully saturated rings. The molecule has 2 aliphatic heterocycles. The van der Waals surface area contributed by atoms with Crippen molar-refractivity contribution in [2.45, 2.75) is 31.2 Å². The van der Waals surface area contributed by atoms with Crippen molar-refractivity contribution < 1.29 is 32.2 Å². The summed E-state index contributed by atoms with van der Waals surface area (Å²) in [7, 11) is 0. The van der Waals surface area contributed by atoms with Crippen LogP contribution in [0.1, 0.15) is 40.0 Å². The number of piperidine rings is 1. The largest absolute Gasteiger partial charge is 0.573 e. The van der Waals surface area contributed by atoms with Crippen molar-refractivity contribution >= 4 is 11.7 Å². The topological polar surface area (TPSA) is 55.8 Å². The van der Waals surface area contributed by atoms with E-state index in [0.717, 1.165) is 6.07 Å². The highest BCUT2D eigenvalue weighted by atomic mass is 19.4. The Morgan fingerprint density at radius 1 is 1.03 bits per heavy atom. The van der Waals surface area contributed by atoms with Gasteiger partial charge in [0.15, 0.2) is 5.78 Å². The average molecular weight is 405 g/mol. The van der Waals surface area contributed by atoms with Crippen LogP contribution in [0.3, 0.4) is 0 Å². The van der Waals surface area contributed by atoms with E-state index in [4.69, 9.17) is 4.74 Å². The number of hydrogen-bond acceptors (Lipinski definition) is 4. The fraction of sp³-hybridized carbons (Fsp3) is 0.333. The van der Waals surface area contributed by atoms with E-state index in [1.165, 1.54) is 23.1 Å². The lowest BCUT2D eigenvalue weighted by atomic mass is 9.82.